The summed E-state index contributed by atoms with van der Waals surface area (Å²) in [7, 11) is 3.51. The number of ether oxygens (including phenoxy) is 2. The Balaban J connectivity index is 2.69. The average molecular weight is 258 g/mol. The topological polar surface area (TPSA) is 47.7 Å². The van der Waals surface area contributed by atoms with Crippen LogP contribution in [0.15, 0.2) is 0 Å². The van der Waals surface area contributed by atoms with Crippen molar-refractivity contribution in [1.82, 2.24) is 4.90 Å². The Hall–Kier alpha value is -0.160. The van der Waals surface area contributed by atoms with Crippen LogP contribution in [0.5, 0.6) is 0 Å². The molecule has 0 aromatic heterocycles. The van der Waals surface area contributed by atoms with Crippen LogP contribution in [0.25, 0.3) is 0 Å². The lowest BCUT2D eigenvalue weighted by atomic mass is 9.75. The molecule has 1 rings (SSSR count). The first-order valence-corrected chi connectivity index (χ1v) is 7.11. The van der Waals surface area contributed by atoms with Crippen LogP contribution in [-0.4, -0.2) is 57.5 Å². The quantitative estimate of drug-likeness (QED) is 0.716. The number of rotatable bonds is 8. The maximum Gasteiger partial charge on any atom is 0.0589 e. The Morgan fingerprint density at radius 3 is 2.28 bits per heavy atom. The fourth-order valence-electron chi connectivity index (χ4n) is 3.22. The van der Waals surface area contributed by atoms with E-state index in [1.807, 2.05) is 0 Å². The molecule has 0 aromatic rings. The van der Waals surface area contributed by atoms with Gasteiger partial charge >= 0.3 is 0 Å². The van der Waals surface area contributed by atoms with Gasteiger partial charge in [-0.2, -0.15) is 0 Å². The van der Waals surface area contributed by atoms with E-state index in [0.29, 0.717) is 0 Å². The monoisotopic (exact) mass is 258 g/mol. The third-order valence-corrected chi connectivity index (χ3v) is 4.25. The number of nitrogens with zero attached hydrogens (tertiary/aromatic N) is 1. The Labute approximate surface area is 112 Å². The minimum Gasteiger partial charge on any atom is -0.383 e. The molecule has 0 bridgehead atoms. The molecule has 4 nitrogen and oxygen atoms in total. The van der Waals surface area contributed by atoms with E-state index in [9.17, 15) is 0 Å². The molecule has 1 saturated carbocycles. The van der Waals surface area contributed by atoms with Gasteiger partial charge in [0.2, 0.25) is 0 Å². The van der Waals surface area contributed by atoms with Crippen LogP contribution in [0.4, 0.5) is 0 Å². The van der Waals surface area contributed by atoms with Crippen LogP contribution in [0, 0.1) is 5.92 Å². The van der Waals surface area contributed by atoms with Crippen molar-refractivity contribution < 1.29 is 9.47 Å². The van der Waals surface area contributed by atoms with Crippen LogP contribution in [-0.2, 0) is 9.47 Å². The highest BCUT2D eigenvalue weighted by Gasteiger charge is 2.38. The van der Waals surface area contributed by atoms with Gasteiger partial charge in [-0.25, -0.2) is 0 Å². The molecule has 0 amide bonds. The number of methoxy groups -OCH3 is 2. The molecule has 0 heterocycles. The average Bonchev–Trinajstić information content (AvgIpc) is 2.38. The minimum absolute atomic E-state index is 0.161. The van der Waals surface area contributed by atoms with Crippen molar-refractivity contribution in [3.63, 3.8) is 0 Å². The Morgan fingerprint density at radius 2 is 1.83 bits per heavy atom. The van der Waals surface area contributed by atoms with Crippen LogP contribution < -0.4 is 5.73 Å². The van der Waals surface area contributed by atoms with E-state index in [4.69, 9.17) is 15.2 Å². The van der Waals surface area contributed by atoms with Crippen molar-refractivity contribution in [2.24, 2.45) is 11.7 Å². The van der Waals surface area contributed by atoms with E-state index < -0.39 is 0 Å². The fraction of sp³-hybridized carbons (Fsp3) is 1.00. The third-order valence-electron chi connectivity index (χ3n) is 4.25. The standard InChI is InChI=1S/C14H30N2O2/c1-13-5-4-6-14(11-13,12-15)16(7-9-17-2)8-10-18-3/h13H,4-12,15H2,1-3H3. The molecule has 1 fully saturated rings. The maximum absolute atomic E-state index is 6.12. The second-order valence-corrected chi connectivity index (χ2v) is 5.60. The molecule has 18 heavy (non-hydrogen) atoms. The van der Waals surface area contributed by atoms with Crippen molar-refractivity contribution in [2.45, 2.75) is 38.1 Å². The van der Waals surface area contributed by atoms with E-state index in [1.165, 1.54) is 25.7 Å². The van der Waals surface area contributed by atoms with Gasteiger partial charge < -0.3 is 15.2 Å². The van der Waals surface area contributed by atoms with Crippen LogP contribution in [0.2, 0.25) is 0 Å². The molecule has 4 heteroatoms. The summed E-state index contributed by atoms with van der Waals surface area (Å²) in [6, 6.07) is 0. The van der Waals surface area contributed by atoms with Crippen molar-refractivity contribution in [3.8, 4) is 0 Å². The number of nitrogens with two attached hydrogens (primary N) is 1. The highest BCUT2D eigenvalue weighted by atomic mass is 16.5. The highest BCUT2D eigenvalue weighted by molar-refractivity contribution is 4.95. The van der Waals surface area contributed by atoms with Crippen LogP contribution >= 0.6 is 0 Å². The van der Waals surface area contributed by atoms with Gasteiger partial charge in [-0.3, -0.25) is 4.90 Å². The molecule has 108 valence electrons. The molecule has 2 atom stereocenters. The second-order valence-electron chi connectivity index (χ2n) is 5.60. The summed E-state index contributed by atoms with van der Waals surface area (Å²) in [6.07, 6.45) is 5.04. The summed E-state index contributed by atoms with van der Waals surface area (Å²) >= 11 is 0. The van der Waals surface area contributed by atoms with E-state index >= 15 is 0 Å². The summed E-state index contributed by atoms with van der Waals surface area (Å²) in [6.45, 7) is 6.51. The highest BCUT2D eigenvalue weighted by Crippen LogP contribution is 2.36. The van der Waals surface area contributed by atoms with Gasteiger partial charge in [0.1, 0.15) is 0 Å². The lowest BCUT2D eigenvalue weighted by molar-refractivity contribution is 0.00406. The molecule has 0 radical (unpaired) electrons. The molecule has 2 N–H and O–H groups in total. The predicted octanol–water partition coefficient (Wildman–Crippen LogP) is 1.49. The summed E-state index contributed by atoms with van der Waals surface area (Å²) in [5.41, 5.74) is 6.28. The van der Waals surface area contributed by atoms with Gasteiger partial charge in [0, 0.05) is 39.4 Å². The van der Waals surface area contributed by atoms with E-state index in [2.05, 4.69) is 11.8 Å². The number of hydrogen-bond acceptors (Lipinski definition) is 4. The normalized spacial score (nSPS) is 28.8. The van der Waals surface area contributed by atoms with Gasteiger partial charge in [-0.05, 0) is 18.8 Å². The Morgan fingerprint density at radius 1 is 1.22 bits per heavy atom. The van der Waals surface area contributed by atoms with E-state index in [-0.39, 0.29) is 5.54 Å². The lowest BCUT2D eigenvalue weighted by Crippen LogP contribution is -2.57. The van der Waals surface area contributed by atoms with Gasteiger partial charge in [-0.15, -0.1) is 0 Å². The molecule has 1 aliphatic carbocycles. The first kappa shape index (κ1) is 15.9. The van der Waals surface area contributed by atoms with Crippen molar-refractivity contribution >= 4 is 0 Å². The summed E-state index contributed by atoms with van der Waals surface area (Å²) in [4.78, 5) is 2.50. The van der Waals surface area contributed by atoms with Gasteiger partial charge in [0.25, 0.3) is 0 Å². The van der Waals surface area contributed by atoms with Crippen molar-refractivity contribution in [1.29, 1.82) is 0 Å². The molecular formula is C14H30N2O2. The Kier molecular flexibility index (Phi) is 7.15. The van der Waals surface area contributed by atoms with Gasteiger partial charge in [-0.1, -0.05) is 19.8 Å². The third kappa shape index (κ3) is 4.19. The SMILES string of the molecule is COCCN(CCOC)C1(CN)CCCC(C)C1. The van der Waals surface area contributed by atoms with Crippen molar-refractivity contribution in [3.05, 3.63) is 0 Å². The molecule has 0 spiro atoms. The summed E-state index contributed by atoms with van der Waals surface area (Å²) < 4.78 is 10.5. The first-order valence-electron chi connectivity index (χ1n) is 7.11. The second kappa shape index (κ2) is 8.10. The maximum atomic E-state index is 6.12. The molecular weight excluding hydrogens is 228 g/mol. The Bertz CT molecular complexity index is 218. The fourth-order valence-corrected chi connectivity index (χ4v) is 3.22. The molecule has 0 saturated heterocycles. The van der Waals surface area contributed by atoms with Gasteiger partial charge in [0.15, 0.2) is 0 Å². The summed E-state index contributed by atoms with van der Waals surface area (Å²) in [5.74, 6) is 0.773. The molecule has 2 unspecified atom stereocenters. The zero-order valence-corrected chi connectivity index (χ0v) is 12.3. The van der Waals surface area contributed by atoms with Gasteiger partial charge in [0.05, 0.1) is 13.2 Å². The first-order chi connectivity index (χ1) is 8.68. The van der Waals surface area contributed by atoms with Crippen LogP contribution in [0.3, 0.4) is 0 Å². The van der Waals surface area contributed by atoms with Crippen molar-refractivity contribution in [2.75, 3.05) is 47.1 Å². The molecule has 1 aliphatic rings. The minimum atomic E-state index is 0.161. The zero-order chi connectivity index (χ0) is 13.4. The van der Waals surface area contributed by atoms with Crippen LogP contribution in [0.1, 0.15) is 32.6 Å². The summed E-state index contributed by atoms with van der Waals surface area (Å²) in [5, 5.41) is 0. The molecule has 0 aliphatic heterocycles. The predicted molar refractivity (Wildman–Crippen MR) is 74.7 cm³/mol. The zero-order valence-electron chi connectivity index (χ0n) is 12.3. The van der Waals surface area contributed by atoms with E-state index in [1.54, 1.807) is 14.2 Å². The molecule has 0 aromatic carbocycles. The van der Waals surface area contributed by atoms with E-state index in [0.717, 1.165) is 38.8 Å². The largest absolute Gasteiger partial charge is 0.383 e. The smallest absolute Gasteiger partial charge is 0.0589 e. The lowest BCUT2D eigenvalue weighted by Gasteiger charge is -2.47. The number of hydrogen-bond donors (Lipinski definition) is 1.